The first-order valence-electron chi connectivity index (χ1n) is 5.83. The van der Waals surface area contributed by atoms with Gasteiger partial charge in [0.25, 0.3) is 5.69 Å². The molecule has 0 aliphatic rings. The van der Waals surface area contributed by atoms with E-state index in [1.165, 1.54) is 36.4 Å². The van der Waals surface area contributed by atoms with E-state index in [1.54, 1.807) is 24.3 Å². The maximum atomic E-state index is 12.0. The van der Waals surface area contributed by atoms with Gasteiger partial charge in [0, 0.05) is 6.07 Å². The van der Waals surface area contributed by atoms with E-state index < -0.39 is 10.7 Å². The average Bonchev–Trinajstić information content (AvgIpc) is 2.46. The number of nitro groups is 1. The number of phenolic OH excluding ortho intramolecular Hbond substituents is 1. The van der Waals surface area contributed by atoms with Crippen LogP contribution in [0.1, 0.15) is 15.9 Å². The Kier molecular flexibility index (Phi) is 3.91. The molecule has 2 aromatic carbocycles. The second-order valence-corrected chi connectivity index (χ2v) is 4.06. The molecule has 0 spiro atoms. The third kappa shape index (κ3) is 3.08. The molecule has 0 heterocycles. The molecule has 0 aromatic heterocycles. The van der Waals surface area contributed by atoms with E-state index in [2.05, 4.69) is 0 Å². The zero-order chi connectivity index (χ0) is 14.5. The van der Waals surface area contributed by atoms with Crippen molar-refractivity contribution in [2.75, 3.05) is 0 Å². The minimum Gasteiger partial charge on any atom is -0.508 e. The number of ketones is 1. The Balaban J connectivity index is 2.24. The smallest absolute Gasteiger partial charge is 0.280 e. The number of carbonyl (C=O) groups is 1. The SMILES string of the molecule is O=C(/C=C/c1ccc(O)cc1)c1ccccc1[N+](=O)[O-]. The van der Waals surface area contributed by atoms with Crippen molar-refractivity contribution >= 4 is 17.5 Å². The van der Waals surface area contributed by atoms with Gasteiger partial charge in [0.15, 0.2) is 5.78 Å². The summed E-state index contributed by atoms with van der Waals surface area (Å²) in [4.78, 5) is 22.2. The zero-order valence-corrected chi connectivity index (χ0v) is 10.4. The molecule has 0 saturated heterocycles. The van der Waals surface area contributed by atoms with Crippen LogP contribution in [0.3, 0.4) is 0 Å². The van der Waals surface area contributed by atoms with Crippen LogP contribution in [0, 0.1) is 10.1 Å². The van der Waals surface area contributed by atoms with Gasteiger partial charge in [-0.3, -0.25) is 14.9 Å². The highest BCUT2D eigenvalue weighted by Crippen LogP contribution is 2.19. The Morgan fingerprint density at radius 2 is 1.75 bits per heavy atom. The lowest BCUT2D eigenvalue weighted by Gasteiger charge is -1.98. The number of rotatable bonds is 4. The molecular weight excluding hydrogens is 258 g/mol. The number of nitro benzene ring substituents is 1. The van der Waals surface area contributed by atoms with Gasteiger partial charge < -0.3 is 5.11 Å². The van der Waals surface area contributed by atoms with Crippen molar-refractivity contribution in [2.24, 2.45) is 0 Å². The summed E-state index contributed by atoms with van der Waals surface area (Å²) >= 11 is 0. The summed E-state index contributed by atoms with van der Waals surface area (Å²) in [6.45, 7) is 0. The van der Waals surface area contributed by atoms with Crippen LogP contribution >= 0.6 is 0 Å². The number of carbonyl (C=O) groups excluding carboxylic acids is 1. The Hall–Kier alpha value is -2.95. The number of hydrogen-bond acceptors (Lipinski definition) is 4. The molecule has 0 aliphatic carbocycles. The predicted octanol–water partition coefficient (Wildman–Crippen LogP) is 3.20. The van der Waals surface area contributed by atoms with Crippen molar-refractivity contribution in [3.8, 4) is 5.75 Å². The largest absolute Gasteiger partial charge is 0.508 e. The number of benzene rings is 2. The van der Waals surface area contributed by atoms with Crippen molar-refractivity contribution in [3.63, 3.8) is 0 Å². The molecule has 5 heteroatoms. The second kappa shape index (κ2) is 5.79. The lowest BCUT2D eigenvalue weighted by Crippen LogP contribution is -2.00. The first-order valence-corrected chi connectivity index (χ1v) is 5.83. The van der Waals surface area contributed by atoms with E-state index in [0.717, 1.165) is 5.56 Å². The van der Waals surface area contributed by atoms with Crippen molar-refractivity contribution in [1.29, 1.82) is 0 Å². The minimum atomic E-state index is -0.582. The van der Waals surface area contributed by atoms with Gasteiger partial charge in [0.05, 0.1) is 10.5 Å². The van der Waals surface area contributed by atoms with Crippen LogP contribution in [0.2, 0.25) is 0 Å². The normalized spacial score (nSPS) is 10.6. The molecule has 5 nitrogen and oxygen atoms in total. The van der Waals surface area contributed by atoms with Gasteiger partial charge in [-0.2, -0.15) is 0 Å². The summed E-state index contributed by atoms with van der Waals surface area (Å²) in [6.07, 6.45) is 2.81. The molecule has 0 unspecified atom stereocenters. The molecule has 0 bridgehead atoms. The van der Waals surface area contributed by atoms with Gasteiger partial charge in [-0.25, -0.2) is 0 Å². The molecule has 1 N–H and O–H groups in total. The molecule has 0 aliphatic heterocycles. The van der Waals surface area contributed by atoms with Crippen molar-refractivity contribution in [1.82, 2.24) is 0 Å². The molecule has 2 aromatic rings. The van der Waals surface area contributed by atoms with E-state index >= 15 is 0 Å². The fourth-order valence-electron chi connectivity index (χ4n) is 1.69. The number of allylic oxidation sites excluding steroid dienone is 1. The van der Waals surface area contributed by atoms with E-state index in [0.29, 0.717) is 0 Å². The molecule has 0 fully saturated rings. The summed E-state index contributed by atoms with van der Waals surface area (Å²) in [6, 6.07) is 12.1. The number of nitrogens with zero attached hydrogens (tertiary/aromatic N) is 1. The molecule has 0 radical (unpaired) electrons. The van der Waals surface area contributed by atoms with Crippen LogP contribution in [0.4, 0.5) is 5.69 Å². The molecule has 0 atom stereocenters. The van der Waals surface area contributed by atoms with Gasteiger partial charge in [-0.1, -0.05) is 30.3 Å². The number of phenols is 1. The van der Waals surface area contributed by atoms with Crippen LogP contribution in [0.25, 0.3) is 6.08 Å². The fourth-order valence-corrected chi connectivity index (χ4v) is 1.69. The highest BCUT2D eigenvalue weighted by atomic mass is 16.6. The molecule has 20 heavy (non-hydrogen) atoms. The maximum Gasteiger partial charge on any atom is 0.280 e. The van der Waals surface area contributed by atoms with Crippen LogP contribution in [-0.2, 0) is 0 Å². The van der Waals surface area contributed by atoms with Crippen molar-refractivity contribution < 1.29 is 14.8 Å². The van der Waals surface area contributed by atoms with E-state index in [9.17, 15) is 14.9 Å². The molecule has 0 amide bonds. The Bertz CT molecular complexity index is 675. The third-order valence-electron chi connectivity index (χ3n) is 2.69. The van der Waals surface area contributed by atoms with Crippen LogP contribution in [0.5, 0.6) is 5.75 Å². The summed E-state index contributed by atoms with van der Waals surface area (Å²) in [5.41, 5.74) is 0.551. The quantitative estimate of drug-likeness (QED) is 0.400. The predicted molar refractivity (Wildman–Crippen MR) is 74.6 cm³/mol. The highest BCUT2D eigenvalue weighted by molar-refractivity contribution is 6.09. The van der Waals surface area contributed by atoms with Gasteiger partial charge in [-0.15, -0.1) is 0 Å². The summed E-state index contributed by atoms with van der Waals surface area (Å²) in [5, 5.41) is 20.0. The summed E-state index contributed by atoms with van der Waals surface area (Å²) < 4.78 is 0. The van der Waals surface area contributed by atoms with Gasteiger partial charge in [0.2, 0.25) is 0 Å². The molecule has 100 valence electrons. The zero-order valence-electron chi connectivity index (χ0n) is 10.4. The van der Waals surface area contributed by atoms with Crippen molar-refractivity contribution in [3.05, 3.63) is 75.8 Å². The summed E-state index contributed by atoms with van der Waals surface area (Å²) in [7, 11) is 0. The van der Waals surface area contributed by atoms with E-state index in [4.69, 9.17) is 5.11 Å². The summed E-state index contributed by atoms with van der Waals surface area (Å²) in [5.74, 6) is -0.308. The monoisotopic (exact) mass is 269 g/mol. The standard InChI is InChI=1S/C15H11NO4/c17-12-8-5-11(6-9-12)7-10-15(18)13-3-1-2-4-14(13)16(19)20/h1-10,17H/b10-7+. The highest BCUT2D eigenvalue weighted by Gasteiger charge is 2.16. The second-order valence-electron chi connectivity index (χ2n) is 4.06. The lowest BCUT2D eigenvalue weighted by molar-refractivity contribution is -0.385. The third-order valence-corrected chi connectivity index (χ3v) is 2.69. The van der Waals surface area contributed by atoms with E-state index in [-0.39, 0.29) is 17.0 Å². The maximum absolute atomic E-state index is 12.0. The van der Waals surface area contributed by atoms with Crippen LogP contribution < -0.4 is 0 Å². The topological polar surface area (TPSA) is 80.4 Å². The van der Waals surface area contributed by atoms with Gasteiger partial charge in [0.1, 0.15) is 5.75 Å². The number of hydrogen-bond donors (Lipinski definition) is 1. The van der Waals surface area contributed by atoms with Gasteiger partial charge >= 0.3 is 0 Å². The van der Waals surface area contributed by atoms with Crippen LogP contribution in [0.15, 0.2) is 54.6 Å². The first-order chi connectivity index (χ1) is 9.58. The molecule has 0 saturated carbocycles. The van der Waals surface area contributed by atoms with E-state index in [1.807, 2.05) is 0 Å². The number of aromatic hydroxyl groups is 1. The van der Waals surface area contributed by atoms with Gasteiger partial charge in [-0.05, 0) is 29.8 Å². The average molecular weight is 269 g/mol. The Morgan fingerprint density at radius 1 is 1.10 bits per heavy atom. The number of para-hydroxylation sites is 1. The Morgan fingerprint density at radius 3 is 2.40 bits per heavy atom. The lowest BCUT2D eigenvalue weighted by atomic mass is 10.1. The van der Waals surface area contributed by atoms with Crippen molar-refractivity contribution in [2.45, 2.75) is 0 Å². The molecule has 2 rings (SSSR count). The minimum absolute atomic E-state index is 0.0486. The fraction of sp³-hybridized carbons (Fsp3) is 0. The Labute approximate surface area is 115 Å². The first kappa shape index (κ1) is 13.5. The molecular formula is C15H11NO4. The van der Waals surface area contributed by atoms with Crippen LogP contribution in [-0.4, -0.2) is 15.8 Å².